The zero-order chi connectivity index (χ0) is 22.3. The van der Waals surface area contributed by atoms with Crippen LogP contribution < -0.4 is 10.1 Å². The number of rotatable bonds is 9. The topological polar surface area (TPSA) is 58.6 Å². The van der Waals surface area contributed by atoms with Crippen molar-refractivity contribution < 1.29 is 14.3 Å². The number of nitrogens with one attached hydrogen (secondary N) is 1. The smallest absolute Gasteiger partial charge is 0.261 e. The number of carbonyl (C=O) groups excluding carboxylic acids is 2. The molecule has 0 bridgehead atoms. The van der Waals surface area contributed by atoms with Crippen molar-refractivity contribution in [3.63, 3.8) is 0 Å². The van der Waals surface area contributed by atoms with Crippen molar-refractivity contribution in [2.45, 2.75) is 45.8 Å². The summed E-state index contributed by atoms with van der Waals surface area (Å²) < 4.78 is 5.59. The first kappa shape index (κ1) is 24.3. The summed E-state index contributed by atoms with van der Waals surface area (Å²) in [6, 6.07) is 11.0. The third-order valence-corrected chi connectivity index (χ3v) is 5.54. The molecule has 0 fully saturated rings. The lowest BCUT2D eigenvalue weighted by Crippen LogP contribution is -2.50. The molecule has 1 N–H and O–H groups in total. The second kappa shape index (κ2) is 11.4. The Balaban J connectivity index is 2.18. The van der Waals surface area contributed by atoms with E-state index < -0.39 is 6.04 Å². The monoisotopic (exact) mass is 470 g/mol. The summed E-state index contributed by atoms with van der Waals surface area (Å²) in [6.45, 7) is 5.49. The van der Waals surface area contributed by atoms with Crippen molar-refractivity contribution in [1.29, 1.82) is 0 Å². The molecule has 0 heterocycles. The van der Waals surface area contributed by atoms with E-state index in [2.05, 4.69) is 5.32 Å². The number of halogens is 3. The van der Waals surface area contributed by atoms with E-state index in [4.69, 9.17) is 39.5 Å². The molecule has 0 radical (unpaired) electrons. The zero-order valence-corrected chi connectivity index (χ0v) is 19.4. The predicted octanol–water partition coefficient (Wildman–Crippen LogP) is 5.36. The molecule has 0 aliphatic carbocycles. The Morgan fingerprint density at radius 3 is 2.27 bits per heavy atom. The van der Waals surface area contributed by atoms with Gasteiger partial charge in [-0.25, -0.2) is 0 Å². The highest BCUT2D eigenvalue weighted by Gasteiger charge is 2.27. The predicted molar refractivity (Wildman–Crippen MR) is 121 cm³/mol. The van der Waals surface area contributed by atoms with Gasteiger partial charge in [0.05, 0.1) is 0 Å². The molecule has 162 valence electrons. The number of hydrogen-bond acceptors (Lipinski definition) is 3. The van der Waals surface area contributed by atoms with Crippen LogP contribution in [0.15, 0.2) is 42.5 Å². The van der Waals surface area contributed by atoms with Crippen LogP contribution in [0.5, 0.6) is 5.75 Å². The van der Waals surface area contributed by atoms with Crippen LogP contribution in [0, 0.1) is 0 Å². The van der Waals surface area contributed by atoms with Gasteiger partial charge in [-0.15, -0.1) is 0 Å². The van der Waals surface area contributed by atoms with Gasteiger partial charge in [0, 0.05) is 27.7 Å². The summed E-state index contributed by atoms with van der Waals surface area (Å²) in [6.07, 6.45) is 0.787. The third kappa shape index (κ3) is 7.08. The number of amides is 2. The maximum Gasteiger partial charge on any atom is 0.261 e. The van der Waals surface area contributed by atoms with E-state index in [1.807, 2.05) is 13.8 Å². The summed E-state index contributed by atoms with van der Waals surface area (Å²) in [5, 5.41) is 4.40. The molecule has 0 saturated carbocycles. The largest absolute Gasteiger partial charge is 0.484 e. The first-order chi connectivity index (χ1) is 14.2. The lowest BCUT2D eigenvalue weighted by Gasteiger charge is -2.30. The fourth-order valence-electron chi connectivity index (χ4n) is 2.64. The molecule has 8 heteroatoms. The highest BCUT2D eigenvalue weighted by atomic mass is 35.5. The number of carbonyl (C=O) groups is 2. The van der Waals surface area contributed by atoms with Gasteiger partial charge in [0.1, 0.15) is 11.8 Å². The second-order valence-corrected chi connectivity index (χ2v) is 8.27. The lowest BCUT2D eigenvalue weighted by molar-refractivity contribution is -0.142. The van der Waals surface area contributed by atoms with Crippen LogP contribution in [-0.2, 0) is 16.1 Å². The van der Waals surface area contributed by atoms with Crippen LogP contribution in [0.1, 0.15) is 32.8 Å². The Kier molecular flexibility index (Phi) is 9.28. The standard InChI is InChI=1S/C22H25Cl3N2O3/c1-4-14(2)26-22(29)15(3)27(12-16-5-6-18(24)11-20(16)25)21(28)13-30-19-9-7-17(23)8-10-19/h5-11,14-15H,4,12-13H2,1-3H3,(H,26,29). The maximum atomic E-state index is 13.0. The van der Waals surface area contributed by atoms with E-state index in [1.54, 1.807) is 49.4 Å². The normalized spacial score (nSPS) is 12.7. The molecular formula is C22H25Cl3N2O3. The zero-order valence-electron chi connectivity index (χ0n) is 17.1. The first-order valence-corrected chi connectivity index (χ1v) is 10.8. The van der Waals surface area contributed by atoms with Gasteiger partial charge >= 0.3 is 0 Å². The number of benzene rings is 2. The van der Waals surface area contributed by atoms with Gasteiger partial charge in [0.2, 0.25) is 5.91 Å². The summed E-state index contributed by atoms with van der Waals surface area (Å²) in [7, 11) is 0. The van der Waals surface area contributed by atoms with E-state index in [-0.39, 0.29) is 31.0 Å². The minimum absolute atomic E-state index is 0.00124. The minimum Gasteiger partial charge on any atom is -0.484 e. The number of ether oxygens (including phenoxy) is 1. The summed E-state index contributed by atoms with van der Waals surface area (Å²) in [5.74, 6) is -0.0778. The Morgan fingerprint density at radius 2 is 1.67 bits per heavy atom. The summed E-state index contributed by atoms with van der Waals surface area (Å²) in [5.41, 5.74) is 0.684. The average molecular weight is 472 g/mol. The Hall–Kier alpha value is -1.95. The third-order valence-electron chi connectivity index (χ3n) is 4.70. The number of nitrogens with zero attached hydrogens (tertiary/aromatic N) is 1. The Bertz CT molecular complexity index is 874. The first-order valence-electron chi connectivity index (χ1n) is 9.63. The molecule has 0 spiro atoms. The van der Waals surface area contributed by atoms with Crippen LogP contribution in [0.2, 0.25) is 15.1 Å². The molecular weight excluding hydrogens is 447 g/mol. The van der Waals surface area contributed by atoms with Crippen LogP contribution in [0.3, 0.4) is 0 Å². The molecule has 5 nitrogen and oxygen atoms in total. The van der Waals surface area contributed by atoms with Crippen LogP contribution >= 0.6 is 34.8 Å². The van der Waals surface area contributed by atoms with Crippen molar-refractivity contribution >= 4 is 46.6 Å². The van der Waals surface area contributed by atoms with Gasteiger partial charge in [0.15, 0.2) is 6.61 Å². The van der Waals surface area contributed by atoms with Gasteiger partial charge in [-0.2, -0.15) is 0 Å². The van der Waals surface area contributed by atoms with Gasteiger partial charge in [-0.3, -0.25) is 9.59 Å². The van der Waals surface area contributed by atoms with Gasteiger partial charge in [-0.1, -0.05) is 47.8 Å². The molecule has 2 unspecified atom stereocenters. The van der Waals surface area contributed by atoms with Crippen molar-refractivity contribution in [1.82, 2.24) is 10.2 Å². The molecule has 30 heavy (non-hydrogen) atoms. The van der Waals surface area contributed by atoms with Crippen molar-refractivity contribution in [2.75, 3.05) is 6.61 Å². The molecule has 2 atom stereocenters. The molecule has 0 saturated heterocycles. The fraction of sp³-hybridized carbons (Fsp3) is 0.364. The van der Waals surface area contributed by atoms with E-state index in [9.17, 15) is 9.59 Å². The van der Waals surface area contributed by atoms with Crippen LogP contribution in [0.25, 0.3) is 0 Å². The lowest BCUT2D eigenvalue weighted by atomic mass is 10.1. The Labute approximate surface area is 192 Å². The van der Waals surface area contributed by atoms with E-state index in [0.717, 1.165) is 6.42 Å². The Morgan fingerprint density at radius 1 is 1.03 bits per heavy atom. The molecule has 0 aliphatic rings. The highest BCUT2D eigenvalue weighted by molar-refractivity contribution is 6.35. The summed E-state index contributed by atoms with van der Waals surface area (Å²) >= 11 is 18.1. The second-order valence-electron chi connectivity index (χ2n) is 6.99. The quantitative estimate of drug-likeness (QED) is 0.536. The highest BCUT2D eigenvalue weighted by Crippen LogP contribution is 2.23. The van der Waals surface area contributed by atoms with Crippen LogP contribution in [0.4, 0.5) is 0 Å². The average Bonchev–Trinajstić information content (AvgIpc) is 2.72. The molecule has 0 aliphatic heterocycles. The molecule has 0 aromatic heterocycles. The fourth-order valence-corrected chi connectivity index (χ4v) is 3.23. The molecule has 2 aromatic rings. The molecule has 2 amide bonds. The van der Waals surface area contributed by atoms with Gasteiger partial charge < -0.3 is 15.0 Å². The van der Waals surface area contributed by atoms with Crippen LogP contribution in [-0.4, -0.2) is 35.4 Å². The maximum absolute atomic E-state index is 13.0. The van der Waals surface area contributed by atoms with Gasteiger partial charge in [-0.05, 0) is 62.2 Å². The molecule has 2 rings (SSSR count). The molecule has 2 aromatic carbocycles. The van der Waals surface area contributed by atoms with Crippen molar-refractivity contribution in [3.8, 4) is 5.75 Å². The van der Waals surface area contributed by atoms with Gasteiger partial charge in [0.25, 0.3) is 5.91 Å². The van der Waals surface area contributed by atoms with E-state index in [0.29, 0.717) is 26.4 Å². The van der Waals surface area contributed by atoms with Crippen molar-refractivity contribution in [2.24, 2.45) is 0 Å². The number of hydrogen-bond donors (Lipinski definition) is 1. The van der Waals surface area contributed by atoms with E-state index in [1.165, 1.54) is 4.90 Å². The van der Waals surface area contributed by atoms with E-state index >= 15 is 0 Å². The summed E-state index contributed by atoms with van der Waals surface area (Å²) in [4.78, 5) is 27.1. The SMILES string of the molecule is CCC(C)NC(=O)C(C)N(Cc1ccc(Cl)cc1Cl)C(=O)COc1ccc(Cl)cc1. The minimum atomic E-state index is -0.716. The van der Waals surface area contributed by atoms with Crippen molar-refractivity contribution in [3.05, 3.63) is 63.1 Å².